The number of carbonyl (C=O) groups excluding carboxylic acids is 1. The van der Waals surface area contributed by atoms with Crippen LogP contribution in [0.25, 0.3) is 0 Å². The van der Waals surface area contributed by atoms with Crippen LogP contribution in [0.3, 0.4) is 0 Å². The van der Waals surface area contributed by atoms with E-state index in [0.717, 1.165) is 39.6 Å². The first-order valence-corrected chi connectivity index (χ1v) is 17.2. The van der Waals surface area contributed by atoms with Gasteiger partial charge in [0.25, 0.3) is 5.91 Å². The van der Waals surface area contributed by atoms with Crippen molar-refractivity contribution in [2.75, 3.05) is 10.6 Å². The third-order valence-electron chi connectivity index (χ3n) is 8.57. The molecule has 6 nitrogen and oxygen atoms in total. The van der Waals surface area contributed by atoms with Gasteiger partial charge < -0.3 is 15.5 Å². The zero-order chi connectivity index (χ0) is 34.1. The molecule has 1 amide bonds. The van der Waals surface area contributed by atoms with E-state index in [1.807, 2.05) is 151 Å². The molecule has 0 fully saturated rings. The SMILES string of the molecule is O=C(C=NOC(c1ccccc1)(c1ccccc1)c1ccccc1)Nc1csc(NC(c2ccccc2)(c2ccccc2)c2ccccc2)n1. The maximum atomic E-state index is 13.3. The number of rotatable bonds is 12. The summed E-state index contributed by atoms with van der Waals surface area (Å²) in [5.74, 6) is -0.0668. The fourth-order valence-electron chi connectivity index (χ4n) is 6.32. The lowest BCUT2D eigenvalue weighted by molar-refractivity contribution is -0.110. The molecule has 244 valence electrons. The average Bonchev–Trinajstić information content (AvgIpc) is 3.64. The van der Waals surface area contributed by atoms with Gasteiger partial charge in [-0.15, -0.1) is 11.3 Å². The average molecular weight is 671 g/mol. The molecule has 0 saturated heterocycles. The van der Waals surface area contributed by atoms with Gasteiger partial charge in [-0.3, -0.25) is 4.79 Å². The van der Waals surface area contributed by atoms with Crippen LogP contribution in [0.1, 0.15) is 33.4 Å². The van der Waals surface area contributed by atoms with Crippen molar-refractivity contribution in [2.45, 2.75) is 11.1 Å². The molecule has 7 heteroatoms. The second-order valence-electron chi connectivity index (χ2n) is 11.6. The van der Waals surface area contributed by atoms with Gasteiger partial charge in [0.1, 0.15) is 17.6 Å². The second-order valence-corrected chi connectivity index (χ2v) is 12.5. The molecule has 0 atom stereocenters. The number of nitrogens with zero attached hydrogens (tertiary/aromatic N) is 2. The lowest BCUT2D eigenvalue weighted by Gasteiger charge is -2.36. The molecule has 0 aliphatic heterocycles. The summed E-state index contributed by atoms with van der Waals surface area (Å²) >= 11 is 1.41. The van der Waals surface area contributed by atoms with Crippen LogP contribution in [0.5, 0.6) is 0 Å². The topological polar surface area (TPSA) is 75.6 Å². The Labute approximate surface area is 295 Å². The quantitative estimate of drug-likeness (QED) is 0.0772. The lowest BCUT2D eigenvalue weighted by Crippen LogP contribution is -2.38. The van der Waals surface area contributed by atoms with Crippen molar-refractivity contribution < 1.29 is 9.63 Å². The second kappa shape index (κ2) is 14.8. The number of amides is 1. The summed E-state index contributed by atoms with van der Waals surface area (Å²) in [6.07, 6.45) is 1.15. The molecule has 0 saturated carbocycles. The molecule has 50 heavy (non-hydrogen) atoms. The summed E-state index contributed by atoms with van der Waals surface area (Å²) in [5, 5.41) is 13.3. The standard InChI is InChI=1S/C43H34N4O2S/c48-40(31-44-49-43(36-25-13-4-14-26-36,37-27-15-5-16-28-37)38-29-17-6-18-30-38)45-39-32-50-41(46-39)47-42(33-19-7-1-8-20-33,34-21-9-2-10-22-34)35-23-11-3-12-24-35/h1-32H,(H,45,48)(H,46,47). The van der Waals surface area contributed by atoms with E-state index in [0.29, 0.717) is 10.9 Å². The van der Waals surface area contributed by atoms with Gasteiger partial charge in [0.15, 0.2) is 5.13 Å². The van der Waals surface area contributed by atoms with E-state index in [2.05, 4.69) is 52.2 Å². The van der Waals surface area contributed by atoms with Gasteiger partial charge in [-0.1, -0.05) is 187 Å². The van der Waals surface area contributed by atoms with Gasteiger partial charge in [-0.05, 0) is 16.7 Å². The zero-order valence-corrected chi connectivity index (χ0v) is 27.9. The summed E-state index contributed by atoms with van der Waals surface area (Å²) in [5.41, 5.74) is 3.97. The van der Waals surface area contributed by atoms with Crippen molar-refractivity contribution in [3.05, 3.63) is 221 Å². The van der Waals surface area contributed by atoms with Crippen LogP contribution in [0.4, 0.5) is 10.9 Å². The molecule has 7 rings (SSSR count). The van der Waals surface area contributed by atoms with E-state index in [4.69, 9.17) is 9.82 Å². The van der Waals surface area contributed by atoms with Crippen LogP contribution in [-0.4, -0.2) is 17.1 Å². The van der Waals surface area contributed by atoms with Gasteiger partial charge in [0.2, 0.25) is 5.60 Å². The molecule has 2 N–H and O–H groups in total. The van der Waals surface area contributed by atoms with Crippen molar-refractivity contribution in [3.63, 3.8) is 0 Å². The Balaban J connectivity index is 1.17. The van der Waals surface area contributed by atoms with Crippen LogP contribution in [0.15, 0.2) is 193 Å². The van der Waals surface area contributed by atoms with Gasteiger partial charge in [-0.25, -0.2) is 4.98 Å². The van der Waals surface area contributed by atoms with E-state index >= 15 is 0 Å². The predicted octanol–water partition coefficient (Wildman–Crippen LogP) is 9.48. The lowest BCUT2D eigenvalue weighted by atomic mass is 9.77. The highest BCUT2D eigenvalue weighted by molar-refractivity contribution is 7.14. The normalized spacial score (nSPS) is 11.6. The highest BCUT2D eigenvalue weighted by Gasteiger charge is 2.40. The van der Waals surface area contributed by atoms with E-state index < -0.39 is 17.0 Å². The van der Waals surface area contributed by atoms with E-state index in [1.165, 1.54) is 11.3 Å². The molecule has 0 aliphatic carbocycles. The largest absolute Gasteiger partial charge is 0.374 e. The number of thiazole rings is 1. The predicted molar refractivity (Wildman–Crippen MR) is 202 cm³/mol. The summed E-state index contributed by atoms with van der Waals surface area (Å²) < 4.78 is 0. The van der Waals surface area contributed by atoms with E-state index in [1.54, 1.807) is 0 Å². The summed E-state index contributed by atoms with van der Waals surface area (Å²) in [7, 11) is 0. The molecule has 0 unspecified atom stereocenters. The van der Waals surface area contributed by atoms with Gasteiger partial charge in [0.05, 0.1) is 0 Å². The van der Waals surface area contributed by atoms with Gasteiger partial charge in [-0.2, -0.15) is 0 Å². The molecule has 0 aliphatic rings. The molecule has 1 heterocycles. The maximum Gasteiger partial charge on any atom is 0.271 e. The summed E-state index contributed by atoms with van der Waals surface area (Å²) in [6.45, 7) is 0. The summed E-state index contributed by atoms with van der Waals surface area (Å²) in [6, 6.07) is 60.6. The minimum atomic E-state index is -1.09. The minimum Gasteiger partial charge on any atom is -0.374 e. The maximum absolute atomic E-state index is 13.3. The Hall–Kier alpha value is -6.31. The van der Waals surface area contributed by atoms with Crippen molar-refractivity contribution in [2.24, 2.45) is 5.16 Å². The number of hydrogen-bond acceptors (Lipinski definition) is 6. The number of carbonyl (C=O) groups is 1. The molecule has 7 aromatic rings. The molecule has 1 aromatic heterocycles. The first kappa shape index (κ1) is 32.2. The first-order valence-electron chi connectivity index (χ1n) is 16.3. The number of oxime groups is 1. The molecular weight excluding hydrogens is 637 g/mol. The summed E-state index contributed by atoms with van der Waals surface area (Å²) in [4.78, 5) is 24.4. The minimum absolute atomic E-state index is 0.400. The number of benzene rings is 6. The third-order valence-corrected chi connectivity index (χ3v) is 9.33. The van der Waals surface area contributed by atoms with Gasteiger partial charge >= 0.3 is 0 Å². The Kier molecular flexibility index (Phi) is 9.58. The van der Waals surface area contributed by atoms with Crippen molar-refractivity contribution >= 4 is 34.4 Å². The monoisotopic (exact) mass is 670 g/mol. The molecule has 0 spiro atoms. The zero-order valence-electron chi connectivity index (χ0n) is 27.1. The van der Waals surface area contributed by atoms with E-state index in [-0.39, 0.29) is 0 Å². The molecule has 0 bridgehead atoms. The molecular formula is C43H34N4O2S. The number of hydrogen-bond donors (Lipinski definition) is 2. The van der Waals surface area contributed by atoms with Crippen molar-refractivity contribution in [1.82, 2.24) is 4.98 Å². The van der Waals surface area contributed by atoms with Crippen LogP contribution in [0.2, 0.25) is 0 Å². The van der Waals surface area contributed by atoms with Gasteiger partial charge in [0, 0.05) is 22.1 Å². The number of aromatic nitrogens is 1. The smallest absolute Gasteiger partial charge is 0.271 e. The fraction of sp³-hybridized carbons (Fsp3) is 0.0465. The van der Waals surface area contributed by atoms with Crippen LogP contribution < -0.4 is 10.6 Å². The highest BCUT2D eigenvalue weighted by atomic mass is 32.1. The van der Waals surface area contributed by atoms with Crippen molar-refractivity contribution in [3.8, 4) is 0 Å². The number of nitrogens with one attached hydrogen (secondary N) is 2. The van der Waals surface area contributed by atoms with Crippen LogP contribution in [0, 0.1) is 0 Å². The third kappa shape index (κ3) is 6.55. The van der Waals surface area contributed by atoms with Crippen LogP contribution >= 0.6 is 11.3 Å². The first-order chi connectivity index (χ1) is 24.7. The highest BCUT2D eigenvalue weighted by Crippen LogP contribution is 2.42. The number of anilines is 2. The molecule has 6 aromatic carbocycles. The molecule has 0 radical (unpaired) electrons. The Morgan fingerprint density at radius 3 is 1.30 bits per heavy atom. The Bertz CT molecular complexity index is 1950. The Morgan fingerprint density at radius 2 is 0.920 bits per heavy atom. The van der Waals surface area contributed by atoms with Crippen molar-refractivity contribution in [1.29, 1.82) is 0 Å². The Morgan fingerprint density at radius 1 is 0.560 bits per heavy atom. The fourth-order valence-corrected chi connectivity index (χ4v) is 7.02. The van der Waals surface area contributed by atoms with E-state index in [9.17, 15) is 4.79 Å². The van der Waals surface area contributed by atoms with Crippen LogP contribution in [-0.2, 0) is 20.8 Å².